The Morgan fingerprint density at radius 3 is 2.44 bits per heavy atom. The van der Waals surface area contributed by atoms with E-state index in [4.69, 9.17) is 0 Å². The monoisotopic (exact) mass is 236 g/mol. The van der Waals surface area contributed by atoms with Crippen LogP contribution in [0.1, 0.15) is 16.7 Å². The average Bonchev–Trinajstić information content (AvgIpc) is 2.40. The SMILES string of the molecule is Cc1cc2c(ccc3ccccc32)c(CO)c1C. The molecule has 0 saturated heterocycles. The van der Waals surface area contributed by atoms with Crippen molar-refractivity contribution < 1.29 is 5.11 Å². The maximum Gasteiger partial charge on any atom is 0.0690 e. The molecule has 0 saturated carbocycles. The molecule has 18 heavy (non-hydrogen) atoms. The van der Waals surface area contributed by atoms with Gasteiger partial charge in [0.1, 0.15) is 0 Å². The van der Waals surface area contributed by atoms with Crippen LogP contribution in [0.4, 0.5) is 0 Å². The van der Waals surface area contributed by atoms with E-state index in [9.17, 15) is 5.11 Å². The zero-order valence-corrected chi connectivity index (χ0v) is 10.7. The first-order chi connectivity index (χ1) is 8.72. The summed E-state index contributed by atoms with van der Waals surface area (Å²) in [6.07, 6.45) is 0. The second kappa shape index (κ2) is 4.11. The summed E-state index contributed by atoms with van der Waals surface area (Å²) in [7, 11) is 0. The van der Waals surface area contributed by atoms with Gasteiger partial charge >= 0.3 is 0 Å². The van der Waals surface area contributed by atoms with Crippen molar-refractivity contribution in [2.24, 2.45) is 0 Å². The Hall–Kier alpha value is -1.86. The topological polar surface area (TPSA) is 20.2 Å². The molecule has 0 heterocycles. The summed E-state index contributed by atoms with van der Waals surface area (Å²) in [5.41, 5.74) is 3.49. The van der Waals surface area contributed by atoms with Crippen LogP contribution < -0.4 is 0 Å². The van der Waals surface area contributed by atoms with Crippen LogP contribution in [-0.2, 0) is 6.61 Å². The number of hydrogen-bond donors (Lipinski definition) is 1. The lowest BCUT2D eigenvalue weighted by Gasteiger charge is -2.13. The number of hydrogen-bond acceptors (Lipinski definition) is 1. The molecular weight excluding hydrogens is 220 g/mol. The van der Waals surface area contributed by atoms with E-state index >= 15 is 0 Å². The molecule has 3 aromatic rings. The van der Waals surface area contributed by atoms with Crippen LogP contribution in [0.3, 0.4) is 0 Å². The molecule has 0 aliphatic carbocycles. The van der Waals surface area contributed by atoms with Crippen molar-refractivity contribution in [2.75, 3.05) is 0 Å². The van der Waals surface area contributed by atoms with Gasteiger partial charge < -0.3 is 5.11 Å². The Balaban J connectivity index is 2.56. The molecule has 0 fully saturated rings. The van der Waals surface area contributed by atoms with Crippen molar-refractivity contribution in [3.05, 3.63) is 59.2 Å². The fourth-order valence-corrected chi connectivity index (χ4v) is 2.68. The van der Waals surface area contributed by atoms with Crippen molar-refractivity contribution in [2.45, 2.75) is 20.5 Å². The van der Waals surface area contributed by atoms with Gasteiger partial charge in [-0.1, -0.05) is 42.5 Å². The molecule has 0 atom stereocenters. The molecule has 0 unspecified atom stereocenters. The van der Waals surface area contributed by atoms with E-state index in [1.165, 1.54) is 32.7 Å². The number of fused-ring (bicyclic) bond motifs is 3. The third-order valence-electron chi connectivity index (χ3n) is 3.86. The molecule has 3 rings (SSSR count). The largest absolute Gasteiger partial charge is 0.392 e. The fraction of sp³-hybridized carbons (Fsp3) is 0.176. The highest BCUT2D eigenvalue weighted by atomic mass is 16.3. The smallest absolute Gasteiger partial charge is 0.0690 e. The first kappa shape index (κ1) is 11.2. The zero-order valence-electron chi connectivity index (χ0n) is 10.7. The van der Waals surface area contributed by atoms with Gasteiger partial charge in [-0.15, -0.1) is 0 Å². The Labute approximate surface area is 107 Å². The summed E-state index contributed by atoms with van der Waals surface area (Å²) in [5.74, 6) is 0. The highest BCUT2D eigenvalue weighted by molar-refractivity contribution is 6.09. The maximum absolute atomic E-state index is 9.61. The van der Waals surface area contributed by atoms with Crippen LogP contribution in [0.2, 0.25) is 0 Å². The Kier molecular flexibility index (Phi) is 2.57. The third-order valence-corrected chi connectivity index (χ3v) is 3.86. The van der Waals surface area contributed by atoms with Gasteiger partial charge in [-0.05, 0) is 52.1 Å². The van der Waals surface area contributed by atoms with Gasteiger partial charge in [-0.3, -0.25) is 0 Å². The number of aliphatic hydroxyl groups is 1. The van der Waals surface area contributed by atoms with Crippen molar-refractivity contribution in [3.8, 4) is 0 Å². The van der Waals surface area contributed by atoms with E-state index < -0.39 is 0 Å². The summed E-state index contributed by atoms with van der Waals surface area (Å²) in [6.45, 7) is 4.29. The second-order valence-corrected chi connectivity index (χ2v) is 4.84. The minimum absolute atomic E-state index is 0.0996. The Morgan fingerprint density at radius 1 is 0.889 bits per heavy atom. The molecule has 0 spiro atoms. The van der Waals surface area contributed by atoms with Crippen LogP contribution in [0.15, 0.2) is 42.5 Å². The van der Waals surface area contributed by atoms with Crippen LogP contribution in [0, 0.1) is 13.8 Å². The van der Waals surface area contributed by atoms with Crippen LogP contribution in [-0.4, -0.2) is 5.11 Å². The van der Waals surface area contributed by atoms with Crippen LogP contribution >= 0.6 is 0 Å². The van der Waals surface area contributed by atoms with E-state index in [2.05, 4.69) is 56.3 Å². The van der Waals surface area contributed by atoms with Gasteiger partial charge in [0.05, 0.1) is 6.61 Å². The number of aryl methyl sites for hydroxylation is 1. The molecule has 1 N–H and O–H groups in total. The Bertz CT molecular complexity index is 741. The van der Waals surface area contributed by atoms with Gasteiger partial charge in [-0.25, -0.2) is 0 Å². The van der Waals surface area contributed by atoms with Crippen LogP contribution in [0.25, 0.3) is 21.5 Å². The Morgan fingerprint density at radius 2 is 1.67 bits per heavy atom. The van der Waals surface area contributed by atoms with Crippen molar-refractivity contribution >= 4 is 21.5 Å². The molecular formula is C17H16O. The lowest BCUT2D eigenvalue weighted by atomic mass is 9.93. The molecule has 0 radical (unpaired) electrons. The van der Waals surface area contributed by atoms with E-state index in [0.717, 1.165) is 5.56 Å². The molecule has 0 aliphatic heterocycles. The lowest BCUT2D eigenvalue weighted by Crippen LogP contribution is -1.94. The molecule has 0 aromatic heterocycles. The van der Waals surface area contributed by atoms with Gasteiger partial charge in [-0.2, -0.15) is 0 Å². The molecule has 90 valence electrons. The summed E-state index contributed by atoms with van der Waals surface area (Å²) in [5, 5.41) is 14.5. The summed E-state index contributed by atoms with van der Waals surface area (Å²) in [4.78, 5) is 0. The van der Waals surface area contributed by atoms with E-state index in [1.807, 2.05) is 0 Å². The summed E-state index contributed by atoms with van der Waals surface area (Å²) in [6, 6.07) is 14.9. The quantitative estimate of drug-likeness (QED) is 0.631. The van der Waals surface area contributed by atoms with Gasteiger partial charge in [0.15, 0.2) is 0 Å². The van der Waals surface area contributed by atoms with Crippen LogP contribution in [0.5, 0.6) is 0 Å². The van der Waals surface area contributed by atoms with Gasteiger partial charge in [0, 0.05) is 0 Å². The second-order valence-electron chi connectivity index (χ2n) is 4.84. The molecule has 1 nitrogen and oxygen atoms in total. The summed E-state index contributed by atoms with van der Waals surface area (Å²) < 4.78 is 0. The van der Waals surface area contributed by atoms with Gasteiger partial charge in [0.25, 0.3) is 0 Å². The first-order valence-electron chi connectivity index (χ1n) is 6.24. The molecule has 3 aromatic carbocycles. The van der Waals surface area contributed by atoms with E-state index in [-0.39, 0.29) is 6.61 Å². The molecule has 0 aliphatic rings. The molecule has 1 heteroatoms. The van der Waals surface area contributed by atoms with Crippen molar-refractivity contribution in [1.29, 1.82) is 0 Å². The van der Waals surface area contributed by atoms with Crippen molar-refractivity contribution in [3.63, 3.8) is 0 Å². The highest BCUT2D eigenvalue weighted by Crippen LogP contribution is 2.31. The third kappa shape index (κ3) is 1.52. The standard InChI is InChI=1S/C17H16O/c1-11-9-16-14-6-4-3-5-13(14)7-8-15(16)17(10-18)12(11)2/h3-9,18H,10H2,1-2H3. The van der Waals surface area contributed by atoms with E-state index in [0.29, 0.717) is 0 Å². The van der Waals surface area contributed by atoms with E-state index in [1.54, 1.807) is 0 Å². The minimum Gasteiger partial charge on any atom is -0.392 e. The summed E-state index contributed by atoms with van der Waals surface area (Å²) >= 11 is 0. The molecule has 0 bridgehead atoms. The van der Waals surface area contributed by atoms with Crippen molar-refractivity contribution in [1.82, 2.24) is 0 Å². The number of aliphatic hydroxyl groups excluding tert-OH is 1. The van der Waals surface area contributed by atoms with Gasteiger partial charge in [0.2, 0.25) is 0 Å². The number of benzene rings is 3. The zero-order chi connectivity index (χ0) is 12.7. The average molecular weight is 236 g/mol. The lowest BCUT2D eigenvalue weighted by molar-refractivity contribution is 0.282. The number of rotatable bonds is 1. The molecule has 0 amide bonds. The predicted molar refractivity (Wildman–Crippen MR) is 76.9 cm³/mol. The minimum atomic E-state index is 0.0996. The predicted octanol–water partition coefficient (Wildman–Crippen LogP) is 4.10. The maximum atomic E-state index is 9.61. The fourth-order valence-electron chi connectivity index (χ4n) is 2.68. The highest BCUT2D eigenvalue weighted by Gasteiger charge is 2.09. The normalized spacial score (nSPS) is 11.3. The first-order valence-corrected chi connectivity index (χ1v) is 6.24.